The molecule has 0 aliphatic heterocycles. The number of ether oxygens (including phenoxy) is 1. The summed E-state index contributed by atoms with van der Waals surface area (Å²) in [6.45, 7) is 2.90. The van der Waals surface area contributed by atoms with E-state index < -0.39 is 11.5 Å². The minimum Gasteiger partial charge on any atom is -0.497 e. The Morgan fingerprint density at radius 1 is 1.42 bits per heavy atom. The van der Waals surface area contributed by atoms with Crippen LogP contribution < -0.4 is 10.1 Å². The molecule has 1 rings (SSSR count). The molecule has 0 heterocycles. The van der Waals surface area contributed by atoms with Gasteiger partial charge in [0.15, 0.2) is 0 Å². The number of hydrogen-bond acceptors (Lipinski definition) is 4. The number of nitrogens with one attached hydrogen (secondary N) is 1. The largest absolute Gasteiger partial charge is 0.497 e. The summed E-state index contributed by atoms with van der Waals surface area (Å²) in [5.41, 5.74) is -1.26. The third-order valence-electron chi connectivity index (χ3n) is 2.40. The van der Waals surface area contributed by atoms with E-state index in [2.05, 4.69) is 5.32 Å². The number of carboxylic acids is 1. The smallest absolute Gasteiger partial charge is 0.328 e. The summed E-state index contributed by atoms with van der Waals surface area (Å²) in [6, 6.07) is 7.33. The Hall–Kier alpha value is -1.69. The molecule has 1 aromatic rings. The molecule has 0 fully saturated rings. The first-order valence-electron chi connectivity index (χ1n) is 5.66. The highest BCUT2D eigenvalue weighted by molar-refractivity contribution is 8.00. The zero-order valence-corrected chi connectivity index (χ0v) is 11.9. The molecule has 19 heavy (non-hydrogen) atoms. The van der Waals surface area contributed by atoms with Crippen molar-refractivity contribution in [1.82, 2.24) is 5.32 Å². The topological polar surface area (TPSA) is 75.6 Å². The maximum absolute atomic E-state index is 11.7. The van der Waals surface area contributed by atoms with E-state index in [1.54, 1.807) is 7.11 Å². The van der Waals surface area contributed by atoms with Gasteiger partial charge in [0.05, 0.1) is 12.9 Å². The predicted molar refractivity (Wildman–Crippen MR) is 73.6 cm³/mol. The molecule has 104 valence electrons. The molecule has 1 aromatic carbocycles. The Morgan fingerprint density at radius 3 is 2.68 bits per heavy atom. The molecule has 6 heteroatoms. The second kappa shape index (κ2) is 6.47. The van der Waals surface area contributed by atoms with Gasteiger partial charge in [0, 0.05) is 4.90 Å². The molecule has 0 unspecified atom stereocenters. The van der Waals surface area contributed by atoms with Gasteiger partial charge in [-0.15, -0.1) is 11.8 Å². The number of aliphatic carboxylic acids is 1. The van der Waals surface area contributed by atoms with Crippen molar-refractivity contribution in [2.24, 2.45) is 0 Å². The maximum atomic E-state index is 11.7. The Morgan fingerprint density at radius 2 is 2.11 bits per heavy atom. The molecule has 5 nitrogen and oxygen atoms in total. The van der Waals surface area contributed by atoms with Crippen molar-refractivity contribution in [3.63, 3.8) is 0 Å². The molecule has 0 aliphatic carbocycles. The molecule has 0 radical (unpaired) electrons. The van der Waals surface area contributed by atoms with Gasteiger partial charge < -0.3 is 15.2 Å². The van der Waals surface area contributed by atoms with E-state index in [0.29, 0.717) is 0 Å². The third-order valence-corrected chi connectivity index (χ3v) is 3.39. The van der Waals surface area contributed by atoms with Crippen LogP contribution >= 0.6 is 11.8 Å². The number of rotatable bonds is 6. The summed E-state index contributed by atoms with van der Waals surface area (Å²) in [4.78, 5) is 23.4. The monoisotopic (exact) mass is 283 g/mol. The highest BCUT2D eigenvalue weighted by Gasteiger charge is 2.28. The second-order valence-corrected chi connectivity index (χ2v) is 5.49. The van der Waals surface area contributed by atoms with Crippen LogP contribution in [0.3, 0.4) is 0 Å². The van der Waals surface area contributed by atoms with Crippen LogP contribution in [0, 0.1) is 0 Å². The maximum Gasteiger partial charge on any atom is 0.328 e. The highest BCUT2D eigenvalue weighted by Crippen LogP contribution is 2.22. The summed E-state index contributed by atoms with van der Waals surface area (Å²) in [7, 11) is 1.58. The average molecular weight is 283 g/mol. The van der Waals surface area contributed by atoms with Crippen LogP contribution in [0.4, 0.5) is 0 Å². The number of amides is 1. The van der Waals surface area contributed by atoms with Crippen molar-refractivity contribution >= 4 is 23.6 Å². The molecule has 0 aromatic heterocycles. The van der Waals surface area contributed by atoms with Crippen LogP contribution in [-0.2, 0) is 9.59 Å². The van der Waals surface area contributed by atoms with Gasteiger partial charge in [-0.2, -0.15) is 0 Å². The lowest BCUT2D eigenvalue weighted by Gasteiger charge is -2.20. The summed E-state index contributed by atoms with van der Waals surface area (Å²) in [5, 5.41) is 11.4. The number of benzene rings is 1. The van der Waals surface area contributed by atoms with E-state index in [-0.39, 0.29) is 11.7 Å². The van der Waals surface area contributed by atoms with E-state index in [1.807, 2.05) is 24.3 Å². The van der Waals surface area contributed by atoms with Gasteiger partial charge in [-0.1, -0.05) is 6.07 Å². The van der Waals surface area contributed by atoms with E-state index in [9.17, 15) is 9.59 Å². The van der Waals surface area contributed by atoms with Gasteiger partial charge in [-0.25, -0.2) is 4.79 Å². The van der Waals surface area contributed by atoms with Crippen molar-refractivity contribution in [1.29, 1.82) is 0 Å². The van der Waals surface area contributed by atoms with Crippen molar-refractivity contribution < 1.29 is 19.4 Å². The summed E-state index contributed by atoms with van der Waals surface area (Å²) in [5.74, 6) is -0.507. The zero-order valence-electron chi connectivity index (χ0n) is 11.1. The standard InChI is InChI=1S/C13H17NO4S/c1-13(2,12(16)17)14-11(15)8-19-10-6-4-5-9(7-10)18-3/h4-7H,8H2,1-3H3,(H,14,15)(H,16,17). The molecule has 0 atom stereocenters. The van der Waals surface area contributed by atoms with Gasteiger partial charge >= 0.3 is 5.97 Å². The molecule has 0 saturated heterocycles. The van der Waals surface area contributed by atoms with E-state index >= 15 is 0 Å². The fourth-order valence-electron chi connectivity index (χ4n) is 1.28. The first kappa shape index (κ1) is 15.4. The SMILES string of the molecule is COc1cccc(SCC(=O)NC(C)(C)C(=O)O)c1. The fourth-order valence-corrected chi connectivity index (χ4v) is 2.02. The van der Waals surface area contributed by atoms with Crippen molar-refractivity contribution in [2.75, 3.05) is 12.9 Å². The molecule has 0 spiro atoms. The number of hydrogen-bond donors (Lipinski definition) is 2. The first-order valence-corrected chi connectivity index (χ1v) is 6.65. The Bertz CT molecular complexity index is 473. The van der Waals surface area contributed by atoms with Gasteiger partial charge in [0.1, 0.15) is 11.3 Å². The van der Waals surface area contributed by atoms with Crippen molar-refractivity contribution in [3.05, 3.63) is 24.3 Å². The molecule has 1 amide bonds. The lowest BCUT2D eigenvalue weighted by Crippen LogP contribution is -2.50. The average Bonchev–Trinajstić information content (AvgIpc) is 2.36. The Kier molecular flexibility index (Phi) is 5.23. The van der Waals surface area contributed by atoms with E-state index in [0.717, 1.165) is 10.6 Å². The van der Waals surface area contributed by atoms with Gasteiger partial charge in [-0.3, -0.25) is 4.79 Å². The molecule has 0 saturated carbocycles. The van der Waals surface area contributed by atoms with Crippen LogP contribution in [0.1, 0.15) is 13.8 Å². The molecule has 0 aliphatic rings. The highest BCUT2D eigenvalue weighted by atomic mass is 32.2. The second-order valence-electron chi connectivity index (χ2n) is 4.45. The van der Waals surface area contributed by atoms with E-state index in [1.165, 1.54) is 25.6 Å². The summed E-state index contributed by atoms with van der Waals surface area (Å²) >= 11 is 1.33. The normalized spacial score (nSPS) is 10.9. The van der Waals surface area contributed by atoms with Crippen LogP contribution in [0.25, 0.3) is 0 Å². The van der Waals surface area contributed by atoms with Gasteiger partial charge in [0.2, 0.25) is 5.91 Å². The third kappa shape index (κ3) is 4.82. The molecular weight excluding hydrogens is 266 g/mol. The van der Waals surface area contributed by atoms with Gasteiger partial charge in [-0.05, 0) is 32.0 Å². The number of carbonyl (C=O) groups excluding carboxylic acids is 1. The Balaban J connectivity index is 2.52. The molecular formula is C13H17NO4S. The number of methoxy groups -OCH3 is 1. The molecule has 2 N–H and O–H groups in total. The number of carbonyl (C=O) groups is 2. The quantitative estimate of drug-likeness (QED) is 0.778. The number of thioether (sulfide) groups is 1. The van der Waals surface area contributed by atoms with Crippen molar-refractivity contribution in [3.8, 4) is 5.75 Å². The summed E-state index contributed by atoms with van der Waals surface area (Å²) < 4.78 is 5.08. The zero-order chi connectivity index (χ0) is 14.5. The van der Waals surface area contributed by atoms with Crippen LogP contribution in [0.2, 0.25) is 0 Å². The fraction of sp³-hybridized carbons (Fsp3) is 0.385. The van der Waals surface area contributed by atoms with Crippen LogP contribution in [0.15, 0.2) is 29.2 Å². The minimum atomic E-state index is -1.26. The number of carboxylic acid groups (broad SMARTS) is 1. The van der Waals surface area contributed by atoms with Crippen LogP contribution in [-0.4, -0.2) is 35.4 Å². The minimum absolute atomic E-state index is 0.157. The summed E-state index contributed by atoms with van der Waals surface area (Å²) in [6.07, 6.45) is 0. The molecule has 0 bridgehead atoms. The van der Waals surface area contributed by atoms with Crippen LogP contribution in [0.5, 0.6) is 5.75 Å². The van der Waals surface area contributed by atoms with Crippen molar-refractivity contribution in [2.45, 2.75) is 24.3 Å². The predicted octanol–water partition coefficient (Wildman–Crippen LogP) is 1.77. The lowest BCUT2D eigenvalue weighted by atomic mass is 10.1. The lowest BCUT2D eigenvalue weighted by molar-refractivity contribution is -0.145. The van der Waals surface area contributed by atoms with Gasteiger partial charge in [0.25, 0.3) is 0 Å². The Labute approximate surface area is 116 Å². The van der Waals surface area contributed by atoms with E-state index in [4.69, 9.17) is 9.84 Å². The first-order chi connectivity index (χ1) is 8.85.